The molecular weight excluding hydrogens is 703 g/mol. The summed E-state index contributed by atoms with van der Waals surface area (Å²) in [6, 6.07) is 0. The topological polar surface area (TPSA) is 132 Å². The van der Waals surface area contributed by atoms with E-state index < -0.39 is 45.8 Å². The lowest BCUT2D eigenvalue weighted by Crippen LogP contribution is -2.29. The maximum atomic E-state index is 12.6. The predicted octanol–water partition coefficient (Wildman–Crippen LogP) is 11.4. The number of ether oxygens (including phenoxy) is 2. The molecule has 0 saturated carbocycles. The first-order valence-corrected chi connectivity index (χ1v) is 22.4. The highest BCUT2D eigenvalue weighted by atomic mass is 31.2. The second kappa shape index (κ2) is 40.6. The number of phosphoric acid groups is 1. The third-order valence-corrected chi connectivity index (χ3v) is 9.33. The molecule has 0 radical (unpaired) electrons. The predicted molar refractivity (Wildman–Crippen MR) is 223 cm³/mol. The van der Waals surface area contributed by atoms with Crippen LogP contribution in [-0.4, -0.2) is 66.3 Å². The molecule has 0 amide bonds. The Kier molecular flexibility index (Phi) is 39.0. The molecule has 54 heavy (non-hydrogen) atoms. The number of esters is 1. The van der Waals surface area contributed by atoms with Gasteiger partial charge in [-0.3, -0.25) is 13.8 Å². The number of hydrogen-bond acceptors (Lipinski definition) is 8. The molecule has 0 spiro atoms. The number of aliphatic hydroxyl groups excluding tert-OH is 2. The van der Waals surface area contributed by atoms with E-state index in [9.17, 15) is 19.4 Å². The van der Waals surface area contributed by atoms with Crippen LogP contribution in [0.1, 0.15) is 155 Å². The molecule has 0 fully saturated rings. The van der Waals surface area contributed by atoms with Crippen molar-refractivity contribution in [2.75, 3.05) is 33.0 Å². The van der Waals surface area contributed by atoms with Gasteiger partial charge in [-0.2, -0.15) is 0 Å². The fourth-order valence-corrected chi connectivity index (χ4v) is 6.00. The summed E-state index contributed by atoms with van der Waals surface area (Å²) in [5.41, 5.74) is 0. The van der Waals surface area contributed by atoms with Crippen LogP contribution in [0.5, 0.6) is 0 Å². The normalized spacial score (nSPS) is 14.8. The Bertz CT molecular complexity index is 1070. The van der Waals surface area contributed by atoms with Gasteiger partial charge in [-0.25, -0.2) is 4.57 Å². The molecule has 0 rings (SSSR count). The van der Waals surface area contributed by atoms with Crippen LogP contribution in [-0.2, 0) is 27.9 Å². The Hall–Kier alpha value is -2.10. The van der Waals surface area contributed by atoms with Gasteiger partial charge in [-0.05, 0) is 77.0 Å². The molecule has 0 heterocycles. The van der Waals surface area contributed by atoms with Gasteiger partial charge in [0.1, 0.15) is 12.2 Å². The van der Waals surface area contributed by atoms with Crippen molar-refractivity contribution in [2.45, 2.75) is 167 Å². The summed E-state index contributed by atoms with van der Waals surface area (Å²) in [6.45, 7) is 3.29. The van der Waals surface area contributed by atoms with Crippen LogP contribution in [0.2, 0.25) is 0 Å². The highest BCUT2D eigenvalue weighted by molar-refractivity contribution is 7.47. The Morgan fingerprint density at radius 1 is 0.593 bits per heavy atom. The average molecular weight is 781 g/mol. The standard InChI is InChI=1S/C44H77O9P/c1-3-5-7-9-11-13-15-17-19-21-22-24-26-28-30-32-34-36-44(47)53-43(41-52-54(48,49)51-39-42(46)38-45)40-50-37-35-33-31-29-27-25-23-20-18-16-14-12-10-8-6-4-2/h5,7,11,13,17-20,22,24,28,30,42-43,45-46H,3-4,6,8-10,12,14-16,21,23,25-27,29,31-41H2,1-2H3,(H,48,49)/b7-5-,13-11-,19-17-,20-18-,24-22-,30-28-. The van der Waals surface area contributed by atoms with Gasteiger partial charge in [0.2, 0.25) is 0 Å². The summed E-state index contributed by atoms with van der Waals surface area (Å²) in [6.07, 6.45) is 47.2. The minimum Gasteiger partial charge on any atom is -0.457 e. The van der Waals surface area contributed by atoms with E-state index in [-0.39, 0.29) is 13.0 Å². The molecule has 3 unspecified atom stereocenters. The number of carbonyl (C=O) groups excluding carboxylic acids is 1. The molecule has 3 atom stereocenters. The molecule has 3 N–H and O–H groups in total. The minimum absolute atomic E-state index is 0.0187. The van der Waals surface area contributed by atoms with Gasteiger partial charge in [0.15, 0.2) is 0 Å². The summed E-state index contributed by atoms with van der Waals surface area (Å²) in [7, 11) is -4.54. The molecule has 0 aliphatic carbocycles. The summed E-state index contributed by atoms with van der Waals surface area (Å²) in [5, 5.41) is 18.3. The average Bonchev–Trinajstić information content (AvgIpc) is 3.16. The zero-order chi connectivity index (χ0) is 39.6. The van der Waals surface area contributed by atoms with E-state index in [2.05, 4.69) is 80.7 Å². The molecule has 10 heteroatoms. The maximum Gasteiger partial charge on any atom is 0.472 e. The number of phosphoric ester groups is 1. The van der Waals surface area contributed by atoms with Crippen LogP contribution < -0.4 is 0 Å². The largest absolute Gasteiger partial charge is 0.472 e. The fraction of sp³-hybridized carbons (Fsp3) is 0.705. The molecule has 0 aromatic rings. The molecule has 0 bridgehead atoms. The van der Waals surface area contributed by atoms with E-state index in [1.165, 1.54) is 64.2 Å². The third kappa shape index (κ3) is 39.6. The van der Waals surface area contributed by atoms with E-state index >= 15 is 0 Å². The van der Waals surface area contributed by atoms with Crippen molar-refractivity contribution < 1.29 is 43.0 Å². The number of allylic oxidation sites excluding steroid dienone is 12. The van der Waals surface area contributed by atoms with Crippen molar-refractivity contribution in [2.24, 2.45) is 0 Å². The lowest BCUT2D eigenvalue weighted by molar-refractivity contribution is -0.154. The monoisotopic (exact) mass is 781 g/mol. The minimum atomic E-state index is -4.54. The van der Waals surface area contributed by atoms with Gasteiger partial charge in [0, 0.05) is 13.0 Å². The van der Waals surface area contributed by atoms with Crippen molar-refractivity contribution in [1.29, 1.82) is 0 Å². The molecule has 9 nitrogen and oxygen atoms in total. The smallest absolute Gasteiger partial charge is 0.457 e. The van der Waals surface area contributed by atoms with E-state index in [1.54, 1.807) is 0 Å². The molecule has 312 valence electrons. The van der Waals surface area contributed by atoms with Crippen LogP contribution in [0.25, 0.3) is 0 Å². The molecule has 0 aliphatic heterocycles. The van der Waals surface area contributed by atoms with Crippen molar-refractivity contribution in [1.82, 2.24) is 0 Å². The molecule has 0 aliphatic rings. The van der Waals surface area contributed by atoms with Crippen LogP contribution >= 0.6 is 7.82 Å². The summed E-state index contributed by atoms with van der Waals surface area (Å²) in [4.78, 5) is 22.5. The second-order valence-electron chi connectivity index (χ2n) is 13.6. The van der Waals surface area contributed by atoms with Crippen LogP contribution in [0.4, 0.5) is 0 Å². The van der Waals surface area contributed by atoms with Crippen LogP contribution in [0.15, 0.2) is 72.9 Å². The first-order valence-electron chi connectivity index (χ1n) is 20.9. The first kappa shape index (κ1) is 51.9. The van der Waals surface area contributed by atoms with E-state index in [4.69, 9.17) is 23.6 Å². The van der Waals surface area contributed by atoms with Crippen molar-refractivity contribution in [3.8, 4) is 0 Å². The summed E-state index contributed by atoms with van der Waals surface area (Å²) < 4.78 is 33.3. The van der Waals surface area contributed by atoms with Crippen molar-refractivity contribution in [3.05, 3.63) is 72.9 Å². The van der Waals surface area contributed by atoms with Gasteiger partial charge in [-0.15, -0.1) is 0 Å². The highest BCUT2D eigenvalue weighted by Crippen LogP contribution is 2.43. The van der Waals surface area contributed by atoms with Crippen LogP contribution in [0, 0.1) is 0 Å². The first-order chi connectivity index (χ1) is 26.3. The van der Waals surface area contributed by atoms with E-state index in [0.29, 0.717) is 13.0 Å². The van der Waals surface area contributed by atoms with E-state index in [1.807, 2.05) is 6.08 Å². The van der Waals surface area contributed by atoms with Gasteiger partial charge < -0.3 is 24.6 Å². The zero-order valence-corrected chi connectivity index (χ0v) is 34.8. The van der Waals surface area contributed by atoms with Gasteiger partial charge in [-0.1, -0.05) is 145 Å². The maximum absolute atomic E-state index is 12.6. The van der Waals surface area contributed by atoms with Crippen molar-refractivity contribution >= 4 is 13.8 Å². The van der Waals surface area contributed by atoms with Gasteiger partial charge >= 0.3 is 13.8 Å². The van der Waals surface area contributed by atoms with Crippen molar-refractivity contribution in [3.63, 3.8) is 0 Å². The van der Waals surface area contributed by atoms with Gasteiger partial charge in [0.05, 0.1) is 26.4 Å². The zero-order valence-electron chi connectivity index (χ0n) is 33.9. The third-order valence-electron chi connectivity index (χ3n) is 8.38. The van der Waals surface area contributed by atoms with Crippen LogP contribution in [0.3, 0.4) is 0 Å². The molecule has 0 aromatic carbocycles. The van der Waals surface area contributed by atoms with Gasteiger partial charge in [0.25, 0.3) is 0 Å². The fourth-order valence-electron chi connectivity index (χ4n) is 5.21. The summed E-state index contributed by atoms with van der Waals surface area (Å²) >= 11 is 0. The Morgan fingerprint density at radius 2 is 1.06 bits per heavy atom. The number of unbranched alkanes of at least 4 members (excludes halogenated alkanes) is 13. The Morgan fingerprint density at radius 3 is 1.61 bits per heavy atom. The molecule has 0 aromatic heterocycles. The quantitative estimate of drug-likeness (QED) is 0.0241. The lowest BCUT2D eigenvalue weighted by Gasteiger charge is -2.20. The number of carbonyl (C=O) groups is 1. The Balaban J connectivity index is 4.32. The summed E-state index contributed by atoms with van der Waals surface area (Å²) in [5.74, 6) is -0.443. The highest BCUT2D eigenvalue weighted by Gasteiger charge is 2.26. The Labute approximate surface area is 329 Å². The lowest BCUT2D eigenvalue weighted by atomic mass is 10.1. The SMILES string of the molecule is CC/C=C\C/C=C\C/C=C\C/C=C\C/C=C\CCCC(=O)OC(COCCCCCCCC/C=C\CCCCCCCC)COP(=O)(O)OCC(O)CO. The number of rotatable bonds is 39. The van der Waals surface area contributed by atoms with E-state index in [0.717, 1.165) is 64.2 Å². The second-order valence-corrected chi connectivity index (χ2v) is 15.1. The number of hydrogen-bond donors (Lipinski definition) is 3. The molecule has 0 saturated heterocycles. The number of aliphatic hydroxyl groups is 2. The molecular formula is C44H77O9P.